The highest BCUT2D eigenvalue weighted by Gasteiger charge is 2.29. The molecule has 4 rings (SSSR count). The number of fused-ring (bicyclic) bond motifs is 1. The second-order valence-corrected chi connectivity index (χ2v) is 8.02. The van der Waals surface area contributed by atoms with Crippen LogP contribution < -0.4 is 5.32 Å². The van der Waals surface area contributed by atoms with E-state index in [9.17, 15) is 4.79 Å². The quantitative estimate of drug-likeness (QED) is 0.872. The van der Waals surface area contributed by atoms with E-state index in [-0.39, 0.29) is 5.91 Å². The number of carbonyl (C=O) groups excluding carboxylic acids is 1. The molecule has 1 N–H and O–H groups in total. The summed E-state index contributed by atoms with van der Waals surface area (Å²) in [6.07, 6.45) is 11.7. The highest BCUT2D eigenvalue weighted by molar-refractivity contribution is 5.76. The average Bonchev–Trinajstić information content (AvgIpc) is 3.08. The van der Waals surface area contributed by atoms with Gasteiger partial charge in [0.2, 0.25) is 5.91 Å². The molecule has 1 atom stereocenters. The van der Waals surface area contributed by atoms with E-state index in [1.165, 1.54) is 44.2 Å². The molecule has 3 aliphatic rings. The smallest absolute Gasteiger partial charge is 0.220 e. The number of hydrogen-bond acceptors (Lipinski definition) is 3. The minimum absolute atomic E-state index is 0.249. The van der Waals surface area contributed by atoms with E-state index in [1.807, 2.05) is 6.20 Å². The van der Waals surface area contributed by atoms with Crippen molar-refractivity contribution in [3.8, 4) is 0 Å². The van der Waals surface area contributed by atoms with Crippen LogP contribution >= 0.6 is 0 Å². The largest absolute Gasteiger partial charge is 0.356 e. The van der Waals surface area contributed by atoms with Crippen LogP contribution in [0.2, 0.25) is 0 Å². The standard InChI is InChI=1S/C19H30N4O/c24-19(11-15-5-6-15)20-9-7-16-12-22(17-3-1-2-4-17)14-18-8-10-21-23(18)13-16/h8,10,15-17H,1-7,9,11-14H2,(H,20,24)/t16-/m1/s1. The van der Waals surface area contributed by atoms with Gasteiger partial charge >= 0.3 is 0 Å². The van der Waals surface area contributed by atoms with Gasteiger partial charge in [-0.15, -0.1) is 0 Å². The first-order chi connectivity index (χ1) is 11.8. The van der Waals surface area contributed by atoms with E-state index in [0.717, 1.165) is 45.1 Å². The third kappa shape index (κ3) is 4.00. The lowest BCUT2D eigenvalue weighted by Crippen LogP contribution is -2.37. The highest BCUT2D eigenvalue weighted by atomic mass is 16.1. The van der Waals surface area contributed by atoms with Crippen molar-refractivity contribution < 1.29 is 4.79 Å². The number of aromatic nitrogens is 2. The molecule has 1 aliphatic heterocycles. The monoisotopic (exact) mass is 330 g/mol. The summed E-state index contributed by atoms with van der Waals surface area (Å²) < 4.78 is 2.19. The summed E-state index contributed by atoms with van der Waals surface area (Å²) in [6.45, 7) is 3.98. The SMILES string of the molecule is O=C(CC1CC1)NCC[C@@H]1CN(C2CCCC2)Cc2ccnn2C1. The first-order valence-electron chi connectivity index (χ1n) is 9.79. The average molecular weight is 330 g/mol. The number of amides is 1. The maximum Gasteiger partial charge on any atom is 0.220 e. The number of carbonyl (C=O) groups is 1. The van der Waals surface area contributed by atoms with Crippen molar-refractivity contribution in [1.82, 2.24) is 20.0 Å². The molecule has 1 aromatic rings. The topological polar surface area (TPSA) is 50.2 Å². The van der Waals surface area contributed by atoms with Crippen LogP contribution in [0.15, 0.2) is 12.3 Å². The normalized spacial score (nSPS) is 25.4. The minimum Gasteiger partial charge on any atom is -0.356 e. The molecule has 0 unspecified atom stereocenters. The molecule has 0 spiro atoms. The van der Waals surface area contributed by atoms with E-state index in [4.69, 9.17) is 0 Å². The summed E-state index contributed by atoms with van der Waals surface area (Å²) in [6, 6.07) is 2.92. The van der Waals surface area contributed by atoms with Gasteiger partial charge in [-0.3, -0.25) is 14.4 Å². The molecule has 2 fully saturated rings. The molecule has 1 amide bonds. The van der Waals surface area contributed by atoms with Gasteiger partial charge in [-0.25, -0.2) is 0 Å². The Kier molecular flexibility index (Phi) is 4.88. The van der Waals surface area contributed by atoms with E-state index >= 15 is 0 Å². The summed E-state index contributed by atoms with van der Waals surface area (Å²) in [5.74, 6) is 1.50. The van der Waals surface area contributed by atoms with Gasteiger partial charge in [-0.2, -0.15) is 5.10 Å². The fourth-order valence-corrected chi connectivity index (χ4v) is 4.37. The Hall–Kier alpha value is -1.36. The molecule has 0 radical (unpaired) electrons. The summed E-state index contributed by atoms with van der Waals surface area (Å²) in [5.41, 5.74) is 1.35. The van der Waals surface area contributed by atoms with Crippen molar-refractivity contribution in [1.29, 1.82) is 0 Å². The van der Waals surface area contributed by atoms with Crippen molar-refractivity contribution in [2.75, 3.05) is 13.1 Å². The Balaban J connectivity index is 1.33. The van der Waals surface area contributed by atoms with Crippen LogP contribution in [0.3, 0.4) is 0 Å². The molecule has 1 aromatic heterocycles. The minimum atomic E-state index is 0.249. The van der Waals surface area contributed by atoms with Crippen LogP contribution in [-0.4, -0.2) is 39.7 Å². The molecule has 2 aliphatic carbocycles. The summed E-state index contributed by atoms with van der Waals surface area (Å²) in [7, 11) is 0. The van der Waals surface area contributed by atoms with Crippen LogP contribution in [0.25, 0.3) is 0 Å². The molecule has 5 heteroatoms. The third-order valence-corrected chi connectivity index (χ3v) is 5.98. The van der Waals surface area contributed by atoms with Gasteiger partial charge in [0, 0.05) is 44.8 Å². The summed E-state index contributed by atoms with van der Waals surface area (Å²) in [4.78, 5) is 14.6. The van der Waals surface area contributed by atoms with E-state index in [2.05, 4.69) is 26.1 Å². The lowest BCUT2D eigenvalue weighted by Gasteiger charge is -2.29. The molecule has 24 heavy (non-hydrogen) atoms. The van der Waals surface area contributed by atoms with Gasteiger partial charge in [0.1, 0.15) is 0 Å². The maximum absolute atomic E-state index is 11.9. The van der Waals surface area contributed by atoms with Crippen LogP contribution in [0.1, 0.15) is 57.1 Å². The van der Waals surface area contributed by atoms with E-state index in [0.29, 0.717) is 11.8 Å². The molecule has 5 nitrogen and oxygen atoms in total. The summed E-state index contributed by atoms with van der Waals surface area (Å²) in [5, 5.41) is 7.66. The van der Waals surface area contributed by atoms with Crippen molar-refractivity contribution in [3.05, 3.63) is 18.0 Å². The first-order valence-corrected chi connectivity index (χ1v) is 9.79. The lowest BCUT2D eigenvalue weighted by atomic mass is 10.0. The van der Waals surface area contributed by atoms with Gasteiger partial charge in [0.15, 0.2) is 0 Å². The lowest BCUT2D eigenvalue weighted by molar-refractivity contribution is -0.121. The number of rotatable bonds is 6. The summed E-state index contributed by atoms with van der Waals surface area (Å²) >= 11 is 0. The molecule has 132 valence electrons. The Morgan fingerprint density at radius 3 is 2.79 bits per heavy atom. The van der Waals surface area contributed by atoms with Gasteiger partial charge in [-0.05, 0) is 50.0 Å². The third-order valence-electron chi connectivity index (χ3n) is 5.98. The van der Waals surface area contributed by atoms with Crippen LogP contribution in [0.4, 0.5) is 0 Å². The van der Waals surface area contributed by atoms with Crippen LogP contribution in [0, 0.1) is 11.8 Å². The van der Waals surface area contributed by atoms with Gasteiger partial charge in [0.05, 0.1) is 5.69 Å². The van der Waals surface area contributed by atoms with E-state index in [1.54, 1.807) is 0 Å². The van der Waals surface area contributed by atoms with Crippen molar-refractivity contribution in [3.63, 3.8) is 0 Å². The maximum atomic E-state index is 11.9. The molecule has 2 heterocycles. The number of nitrogens with zero attached hydrogens (tertiary/aromatic N) is 3. The fraction of sp³-hybridized carbons (Fsp3) is 0.789. The molecular formula is C19H30N4O. The second-order valence-electron chi connectivity index (χ2n) is 8.02. The second kappa shape index (κ2) is 7.26. The van der Waals surface area contributed by atoms with Crippen molar-refractivity contribution >= 4 is 5.91 Å². The zero-order chi connectivity index (χ0) is 16.4. The predicted molar refractivity (Wildman–Crippen MR) is 93.4 cm³/mol. The highest BCUT2D eigenvalue weighted by Crippen LogP contribution is 2.32. The zero-order valence-electron chi connectivity index (χ0n) is 14.6. The zero-order valence-corrected chi connectivity index (χ0v) is 14.6. The Morgan fingerprint density at radius 1 is 1.17 bits per heavy atom. The van der Waals surface area contributed by atoms with Crippen LogP contribution in [-0.2, 0) is 17.9 Å². The van der Waals surface area contributed by atoms with Gasteiger partial charge < -0.3 is 5.32 Å². The number of nitrogens with one attached hydrogen (secondary N) is 1. The van der Waals surface area contributed by atoms with Gasteiger partial charge in [0.25, 0.3) is 0 Å². The van der Waals surface area contributed by atoms with E-state index < -0.39 is 0 Å². The molecule has 2 saturated carbocycles. The van der Waals surface area contributed by atoms with Crippen molar-refractivity contribution in [2.24, 2.45) is 11.8 Å². The molecular weight excluding hydrogens is 300 g/mol. The molecule has 0 aromatic carbocycles. The molecule has 0 bridgehead atoms. The van der Waals surface area contributed by atoms with Crippen molar-refractivity contribution in [2.45, 2.75) is 70.5 Å². The fourth-order valence-electron chi connectivity index (χ4n) is 4.37. The number of hydrogen-bond donors (Lipinski definition) is 1. The Labute approximate surface area is 144 Å². The van der Waals surface area contributed by atoms with Gasteiger partial charge in [-0.1, -0.05) is 12.8 Å². The first kappa shape index (κ1) is 16.1. The molecule has 0 saturated heterocycles. The van der Waals surface area contributed by atoms with Crippen LogP contribution in [0.5, 0.6) is 0 Å². The Morgan fingerprint density at radius 2 is 2.00 bits per heavy atom. The Bertz CT molecular complexity index is 559. The predicted octanol–water partition coefficient (Wildman–Crippen LogP) is 2.56.